The summed E-state index contributed by atoms with van der Waals surface area (Å²) in [4.78, 5) is 0. The standard InChI is InChI=1S/C46H70F2N6O14/c1-23-17-43(58,20-52-15-9-12-25-10-7-6-8-11-25)46(61)42(64-23)66-40-36(30(50-4)34(56)31(51-5)37(40)67-46)62-22-54-32-33(55)29(49-3)35(57)39-38(32)68-45(60)41(65-39)63-24(2)18-44(45,59)21-53-19-26-13-14-27(47)28(48)16-26/h6-8,10-11,13-14,16,23-24,29-42,49-61H,9,12,15,17-22H2,1-5H3/t23-,24-,29-,30-,31+,32+,33+,34+,35+,36+,37-,38-,39-,40-,41+,42+,43-,44-,45-,46-/m1/s1. The summed E-state index contributed by atoms with van der Waals surface area (Å²) in [6.45, 7) is 3.20. The molecule has 4 heterocycles. The average molecular weight is 969 g/mol. The Bertz CT molecular complexity index is 2000. The minimum absolute atomic E-state index is 0.00826. The van der Waals surface area contributed by atoms with Crippen LogP contribution in [0.15, 0.2) is 48.5 Å². The van der Waals surface area contributed by atoms with Crippen molar-refractivity contribution in [3.05, 3.63) is 71.3 Å². The summed E-state index contributed by atoms with van der Waals surface area (Å²) in [7, 11) is 4.80. The van der Waals surface area contributed by atoms with E-state index >= 15 is 0 Å². The normalized spacial score (nSPS) is 44.6. The van der Waals surface area contributed by atoms with Gasteiger partial charge in [0.2, 0.25) is 24.2 Å². The molecule has 2 aromatic rings. The number of rotatable bonds is 17. The van der Waals surface area contributed by atoms with Crippen molar-refractivity contribution in [3.8, 4) is 0 Å². The zero-order valence-electron chi connectivity index (χ0n) is 39.0. The van der Waals surface area contributed by atoms with Gasteiger partial charge >= 0.3 is 0 Å². The van der Waals surface area contributed by atoms with Crippen molar-refractivity contribution in [1.82, 2.24) is 31.9 Å². The molecule has 6 fully saturated rings. The molecular formula is C46H70F2N6O14. The first-order valence-electron chi connectivity index (χ1n) is 23.6. The van der Waals surface area contributed by atoms with E-state index in [9.17, 15) is 44.5 Å². The lowest BCUT2D eigenvalue weighted by Crippen LogP contribution is -2.82. The number of likely N-dealkylation sites (N-methyl/N-ethyl adjacent to an activating group) is 3. The first kappa shape index (κ1) is 51.8. The van der Waals surface area contributed by atoms with Gasteiger partial charge in [-0.15, -0.1) is 0 Å². The number of hydrogen-bond donors (Lipinski definition) is 13. The second-order valence-corrected chi connectivity index (χ2v) is 19.3. The number of halogens is 2. The molecule has 2 aromatic carbocycles. The maximum atomic E-state index is 14.0. The molecule has 8 rings (SSSR count). The van der Waals surface area contributed by atoms with Crippen LogP contribution in [0, 0.1) is 11.6 Å². The summed E-state index contributed by atoms with van der Waals surface area (Å²) in [5, 5.41) is 103. The topological polar surface area (TPSA) is 278 Å². The Labute approximate surface area is 394 Å². The van der Waals surface area contributed by atoms with Gasteiger partial charge in [-0.25, -0.2) is 8.78 Å². The first-order valence-corrected chi connectivity index (χ1v) is 23.6. The fourth-order valence-corrected chi connectivity index (χ4v) is 11.2. The van der Waals surface area contributed by atoms with Crippen molar-refractivity contribution in [1.29, 1.82) is 0 Å². The van der Waals surface area contributed by atoms with Crippen molar-refractivity contribution < 1.29 is 77.7 Å². The van der Waals surface area contributed by atoms with Gasteiger partial charge in [0.05, 0.1) is 55.3 Å². The molecule has 0 aromatic heterocycles. The Hall–Kier alpha value is -2.50. The molecule has 13 N–H and O–H groups in total. The van der Waals surface area contributed by atoms with Gasteiger partial charge in [0.15, 0.2) is 11.6 Å². The third-order valence-electron chi connectivity index (χ3n) is 14.7. The predicted octanol–water partition coefficient (Wildman–Crippen LogP) is -2.87. The van der Waals surface area contributed by atoms with Crippen LogP contribution in [0.4, 0.5) is 8.78 Å². The molecule has 0 spiro atoms. The molecule has 0 unspecified atom stereocenters. The van der Waals surface area contributed by atoms with Gasteiger partial charge in [-0.3, -0.25) is 5.32 Å². The monoisotopic (exact) mass is 968 g/mol. The van der Waals surface area contributed by atoms with Gasteiger partial charge in [-0.1, -0.05) is 36.4 Å². The Balaban J connectivity index is 0.985. The minimum atomic E-state index is -2.59. The van der Waals surface area contributed by atoms with E-state index in [2.05, 4.69) is 31.9 Å². The fourth-order valence-electron chi connectivity index (χ4n) is 11.2. The highest BCUT2D eigenvalue weighted by Crippen LogP contribution is 2.48. The van der Waals surface area contributed by atoms with E-state index in [-0.39, 0.29) is 39.2 Å². The largest absolute Gasteiger partial charge is 0.390 e. The fraction of sp³-hybridized carbons (Fsp3) is 0.739. The van der Waals surface area contributed by atoms with Crippen LogP contribution in [0.1, 0.15) is 44.2 Å². The molecule has 2 aliphatic carbocycles. The lowest BCUT2D eigenvalue weighted by atomic mass is 9.77. The van der Waals surface area contributed by atoms with E-state index in [0.29, 0.717) is 12.1 Å². The van der Waals surface area contributed by atoms with Crippen LogP contribution >= 0.6 is 0 Å². The van der Waals surface area contributed by atoms with Gasteiger partial charge in [-0.2, -0.15) is 0 Å². The quantitative estimate of drug-likeness (QED) is 0.0561. The summed E-state index contributed by atoms with van der Waals surface area (Å²) in [5.74, 6) is -7.02. The van der Waals surface area contributed by atoms with E-state index in [1.807, 2.05) is 30.3 Å². The number of ether oxygens (including phenoxy) is 7. The molecule has 4 aliphatic heterocycles. The van der Waals surface area contributed by atoms with Crippen LogP contribution < -0.4 is 31.9 Å². The highest BCUT2D eigenvalue weighted by atomic mass is 19.2. The predicted molar refractivity (Wildman–Crippen MR) is 236 cm³/mol. The molecule has 20 atom stereocenters. The Morgan fingerprint density at radius 1 is 0.632 bits per heavy atom. The van der Waals surface area contributed by atoms with E-state index < -0.39 is 132 Å². The third kappa shape index (κ3) is 9.63. The number of nitrogens with one attached hydrogen (secondary N) is 6. The molecule has 0 amide bonds. The Morgan fingerprint density at radius 3 is 1.81 bits per heavy atom. The zero-order valence-corrected chi connectivity index (χ0v) is 39.0. The molecule has 20 nitrogen and oxygen atoms in total. The van der Waals surface area contributed by atoms with Crippen molar-refractivity contribution in [2.75, 3.05) is 47.5 Å². The van der Waals surface area contributed by atoms with Gasteiger partial charge in [0, 0.05) is 32.5 Å². The smallest absolute Gasteiger partial charge is 0.249 e. The van der Waals surface area contributed by atoms with Crippen molar-refractivity contribution in [2.24, 2.45) is 0 Å². The van der Waals surface area contributed by atoms with Crippen LogP contribution in [0.2, 0.25) is 0 Å². The second-order valence-electron chi connectivity index (χ2n) is 19.3. The molecule has 4 saturated heterocycles. The lowest BCUT2D eigenvalue weighted by Gasteiger charge is -2.61. The van der Waals surface area contributed by atoms with Crippen LogP contribution in [0.3, 0.4) is 0 Å². The molecule has 2 saturated carbocycles. The van der Waals surface area contributed by atoms with Gasteiger partial charge < -0.3 is 95.5 Å². The number of benzene rings is 2. The Kier molecular flexibility index (Phi) is 15.9. The van der Waals surface area contributed by atoms with E-state index in [4.69, 9.17) is 33.2 Å². The number of aryl methyl sites for hydroxylation is 1. The van der Waals surface area contributed by atoms with Gasteiger partial charge in [0.1, 0.15) is 47.8 Å². The summed E-state index contributed by atoms with van der Waals surface area (Å²) < 4.78 is 71.9. The molecule has 382 valence electrons. The molecule has 0 bridgehead atoms. The maximum Gasteiger partial charge on any atom is 0.249 e. The molecule has 0 radical (unpaired) electrons. The third-order valence-corrected chi connectivity index (χ3v) is 14.7. The SMILES string of the molecule is CN[C@@H]1[C@H](O)[C@H](NCO[C@H]2[C@H](NC)[C@H](O)[C@H](NC)[C@H]3O[C@]4(O)[C@H](O[C@@H]32)O[C@H](C)C[C@@]4(O)CNCCCc2ccccc2)[C@H]2O[C@]3(O)[C@H](O[C@@H]2[C@H]1O)O[C@H](C)C[C@@]3(O)CNCc1ccc(F)c(F)c1. The average Bonchev–Trinajstić information content (AvgIpc) is 3.29. The van der Waals surface area contributed by atoms with Gasteiger partial charge in [-0.05, 0) is 77.6 Å². The maximum absolute atomic E-state index is 14.0. The summed E-state index contributed by atoms with van der Waals surface area (Å²) in [5.41, 5.74) is -2.44. The van der Waals surface area contributed by atoms with Gasteiger partial charge in [0.25, 0.3) is 0 Å². The van der Waals surface area contributed by atoms with Crippen molar-refractivity contribution in [3.63, 3.8) is 0 Å². The summed E-state index contributed by atoms with van der Waals surface area (Å²) in [6, 6.07) is 9.56. The van der Waals surface area contributed by atoms with Crippen molar-refractivity contribution >= 4 is 0 Å². The van der Waals surface area contributed by atoms with E-state index in [1.54, 1.807) is 35.0 Å². The van der Waals surface area contributed by atoms with E-state index in [1.165, 1.54) is 11.6 Å². The number of fused-ring (bicyclic) bond motifs is 4. The second kappa shape index (κ2) is 20.9. The van der Waals surface area contributed by atoms with E-state index in [0.717, 1.165) is 25.0 Å². The zero-order chi connectivity index (χ0) is 48.8. The van der Waals surface area contributed by atoms with Crippen LogP contribution in [-0.2, 0) is 46.1 Å². The van der Waals surface area contributed by atoms with Crippen LogP contribution in [0.25, 0.3) is 0 Å². The number of aliphatic hydroxyl groups excluding tert-OH is 3. The van der Waals surface area contributed by atoms with Crippen LogP contribution in [0.5, 0.6) is 0 Å². The highest BCUT2D eigenvalue weighted by molar-refractivity contribution is 5.19. The Morgan fingerprint density at radius 2 is 1.21 bits per heavy atom. The first-order chi connectivity index (χ1) is 32.4. The molecule has 6 aliphatic rings. The lowest BCUT2D eigenvalue weighted by molar-refractivity contribution is -0.483. The minimum Gasteiger partial charge on any atom is -0.390 e. The van der Waals surface area contributed by atoms with Crippen molar-refractivity contribution in [2.45, 2.75) is 167 Å². The highest BCUT2D eigenvalue weighted by Gasteiger charge is 2.70. The van der Waals surface area contributed by atoms with Crippen LogP contribution in [-0.4, -0.2) is 204 Å². The summed E-state index contributed by atoms with van der Waals surface area (Å²) >= 11 is 0. The molecular weight excluding hydrogens is 899 g/mol. The summed E-state index contributed by atoms with van der Waals surface area (Å²) in [6.07, 6.45) is -12.7. The molecule has 22 heteroatoms. The number of aliphatic hydroxyl groups is 7. The molecule has 68 heavy (non-hydrogen) atoms. The number of hydrogen-bond acceptors (Lipinski definition) is 20.